The van der Waals surface area contributed by atoms with Crippen molar-refractivity contribution in [2.24, 2.45) is 0 Å². The average Bonchev–Trinajstić information content (AvgIpc) is 2.94. The van der Waals surface area contributed by atoms with Crippen molar-refractivity contribution < 1.29 is 35.8 Å². The smallest absolute Gasteiger partial charge is 0.295 e. The van der Waals surface area contributed by atoms with Gasteiger partial charge in [-0.2, -0.15) is 16.8 Å². The number of aliphatic hydroxyl groups is 1. The maximum atomic E-state index is 11.9. The van der Waals surface area contributed by atoms with Crippen LogP contribution in [0.5, 0.6) is 5.75 Å². The Kier molecular flexibility index (Phi) is 8.67. The molecule has 0 saturated carbocycles. The molecule has 0 aliphatic carbocycles. The Bertz CT molecular complexity index is 1720. The van der Waals surface area contributed by atoms with Crippen LogP contribution in [0.2, 0.25) is 0 Å². The van der Waals surface area contributed by atoms with Gasteiger partial charge in [0, 0.05) is 5.56 Å². The van der Waals surface area contributed by atoms with Crippen LogP contribution in [0, 0.1) is 0 Å². The van der Waals surface area contributed by atoms with E-state index in [4.69, 9.17) is 4.74 Å². The molecule has 0 spiro atoms. The molecule has 0 saturated heterocycles. The van der Waals surface area contributed by atoms with Gasteiger partial charge in [-0.15, -0.1) is 0 Å². The molecule has 4 aromatic carbocycles. The lowest BCUT2D eigenvalue weighted by molar-refractivity contribution is 0.281. The van der Waals surface area contributed by atoms with Crippen LogP contribution >= 0.6 is 0 Å². The molecule has 0 aliphatic heterocycles. The first-order chi connectivity index (χ1) is 19.0. The Labute approximate surface area is 233 Å². The van der Waals surface area contributed by atoms with Crippen molar-refractivity contribution in [3.8, 4) is 16.9 Å². The molecule has 0 aliphatic rings. The van der Waals surface area contributed by atoms with Crippen molar-refractivity contribution in [1.82, 2.24) is 0 Å². The van der Waals surface area contributed by atoms with Crippen molar-refractivity contribution in [1.29, 1.82) is 0 Å². The van der Waals surface area contributed by atoms with Crippen molar-refractivity contribution in [2.75, 3.05) is 7.11 Å². The lowest BCUT2D eigenvalue weighted by atomic mass is 10.0. The predicted octanol–water partition coefficient (Wildman–Crippen LogP) is 5.69. The number of aliphatic hydroxyl groups excluding tert-OH is 1. The first-order valence-electron chi connectivity index (χ1n) is 11.9. The Hall–Kier alpha value is -4.06. The molecular formula is C30H26O8S2. The Morgan fingerprint density at radius 1 is 0.625 bits per heavy atom. The Morgan fingerprint density at radius 2 is 1.00 bits per heavy atom. The van der Waals surface area contributed by atoms with Crippen molar-refractivity contribution >= 4 is 44.5 Å². The van der Waals surface area contributed by atoms with E-state index in [1.807, 2.05) is 72.8 Å². The fourth-order valence-corrected chi connectivity index (χ4v) is 5.58. The fraction of sp³-hybridized carbons (Fsp3) is 0.0667. The molecule has 40 heavy (non-hydrogen) atoms. The molecule has 3 N–H and O–H groups in total. The first kappa shape index (κ1) is 28.9. The standard InChI is InChI=1S/C30H26O8S2/c1-38-27-15-8-22(9-16-27)3-2-21-4-11-25(12-5-21)26-13-6-23(7-14-26)10-17-28-29(39(32,33)34)18-24(20-31)19-30(28)40(35,36)37/h2-19,31H,20H2,1H3,(H,32,33,34)(H,35,36,37). The van der Waals surface area contributed by atoms with Crippen LogP contribution in [0.3, 0.4) is 0 Å². The minimum absolute atomic E-state index is 0.107. The molecule has 0 atom stereocenters. The van der Waals surface area contributed by atoms with E-state index in [9.17, 15) is 31.0 Å². The normalized spacial score (nSPS) is 12.3. The molecular weight excluding hydrogens is 552 g/mol. The molecule has 0 aromatic heterocycles. The van der Waals surface area contributed by atoms with E-state index in [-0.39, 0.29) is 5.56 Å². The van der Waals surface area contributed by atoms with Crippen LogP contribution in [0.15, 0.2) is 94.7 Å². The third kappa shape index (κ3) is 7.12. The topological polar surface area (TPSA) is 138 Å². The summed E-state index contributed by atoms with van der Waals surface area (Å²) in [6.07, 6.45) is 6.64. The number of hydrogen-bond donors (Lipinski definition) is 3. The van der Waals surface area contributed by atoms with E-state index in [0.717, 1.165) is 40.1 Å². The molecule has 0 amide bonds. The zero-order valence-corrected chi connectivity index (χ0v) is 22.9. The lowest BCUT2D eigenvalue weighted by Crippen LogP contribution is -2.09. The monoisotopic (exact) mass is 578 g/mol. The first-order valence-corrected chi connectivity index (χ1v) is 14.8. The molecule has 10 heteroatoms. The van der Waals surface area contributed by atoms with Gasteiger partial charge in [0.25, 0.3) is 20.2 Å². The van der Waals surface area contributed by atoms with Gasteiger partial charge in [0.05, 0.1) is 13.7 Å². The summed E-state index contributed by atoms with van der Waals surface area (Å²) in [4.78, 5) is -1.50. The van der Waals surface area contributed by atoms with Crippen molar-refractivity contribution in [3.05, 3.63) is 113 Å². The van der Waals surface area contributed by atoms with Gasteiger partial charge < -0.3 is 9.84 Å². The van der Waals surface area contributed by atoms with Crippen LogP contribution in [-0.4, -0.2) is 38.2 Å². The molecule has 0 heterocycles. The number of hydrogen-bond acceptors (Lipinski definition) is 6. The van der Waals surface area contributed by atoms with Gasteiger partial charge in [0.1, 0.15) is 15.5 Å². The van der Waals surface area contributed by atoms with E-state index in [1.165, 1.54) is 12.2 Å². The summed E-state index contributed by atoms with van der Waals surface area (Å²) in [6, 6.07) is 24.8. The Morgan fingerprint density at radius 3 is 1.35 bits per heavy atom. The van der Waals surface area contributed by atoms with Crippen molar-refractivity contribution in [3.63, 3.8) is 0 Å². The second-order valence-corrected chi connectivity index (χ2v) is 11.6. The lowest BCUT2D eigenvalue weighted by Gasteiger charge is -2.11. The summed E-state index contributed by atoms with van der Waals surface area (Å²) in [5, 5.41) is 9.36. The van der Waals surface area contributed by atoms with Gasteiger partial charge in [-0.1, -0.05) is 85.0 Å². The van der Waals surface area contributed by atoms with Gasteiger partial charge in [-0.05, 0) is 57.6 Å². The van der Waals surface area contributed by atoms with Gasteiger partial charge in [-0.25, -0.2) is 0 Å². The highest BCUT2D eigenvalue weighted by Crippen LogP contribution is 2.29. The number of benzene rings is 4. The quantitative estimate of drug-likeness (QED) is 0.170. The van der Waals surface area contributed by atoms with E-state index < -0.39 is 42.2 Å². The number of methoxy groups -OCH3 is 1. The van der Waals surface area contributed by atoms with Crippen LogP contribution in [0.4, 0.5) is 0 Å². The predicted molar refractivity (Wildman–Crippen MR) is 155 cm³/mol. The summed E-state index contributed by atoms with van der Waals surface area (Å²) in [5.74, 6) is 0.797. The minimum Gasteiger partial charge on any atom is -0.497 e. The molecule has 206 valence electrons. The van der Waals surface area contributed by atoms with Crippen LogP contribution < -0.4 is 4.74 Å². The summed E-state index contributed by atoms with van der Waals surface area (Å²) in [7, 11) is -8.12. The summed E-state index contributed by atoms with van der Waals surface area (Å²) >= 11 is 0. The highest BCUT2D eigenvalue weighted by molar-refractivity contribution is 7.86. The third-order valence-electron chi connectivity index (χ3n) is 6.08. The van der Waals surface area contributed by atoms with E-state index in [2.05, 4.69) is 0 Å². The van der Waals surface area contributed by atoms with E-state index in [1.54, 1.807) is 19.2 Å². The molecule has 0 unspecified atom stereocenters. The minimum atomic E-state index is -4.87. The second-order valence-electron chi connectivity index (χ2n) is 8.80. The summed E-state index contributed by atoms with van der Waals surface area (Å²) in [6.45, 7) is -0.698. The number of rotatable bonds is 9. The van der Waals surface area contributed by atoms with Crippen LogP contribution in [0.1, 0.15) is 27.8 Å². The molecule has 0 bridgehead atoms. The zero-order valence-electron chi connectivity index (χ0n) is 21.3. The average molecular weight is 579 g/mol. The van der Waals surface area contributed by atoms with Crippen molar-refractivity contribution in [2.45, 2.75) is 16.4 Å². The molecule has 0 fully saturated rings. The highest BCUT2D eigenvalue weighted by Gasteiger charge is 2.24. The second kappa shape index (κ2) is 12.0. The van der Waals surface area contributed by atoms with Gasteiger partial charge in [0.15, 0.2) is 0 Å². The largest absolute Gasteiger partial charge is 0.497 e. The molecule has 0 radical (unpaired) electrons. The third-order valence-corrected chi connectivity index (χ3v) is 7.87. The number of ether oxygens (including phenoxy) is 1. The SMILES string of the molecule is COc1ccc(C=Cc2ccc(-c3ccc(C=Cc4c(S(=O)(=O)O)cc(CO)cc4S(=O)(=O)O)cc3)cc2)cc1. The highest BCUT2D eigenvalue weighted by atomic mass is 32.2. The summed E-state index contributed by atoms with van der Waals surface area (Å²) < 4.78 is 72.2. The Balaban J connectivity index is 1.56. The van der Waals surface area contributed by atoms with Crippen LogP contribution in [0.25, 0.3) is 35.4 Å². The maximum absolute atomic E-state index is 11.9. The van der Waals surface area contributed by atoms with Gasteiger partial charge >= 0.3 is 0 Å². The molecule has 4 rings (SSSR count). The van der Waals surface area contributed by atoms with Crippen LogP contribution in [-0.2, 0) is 26.8 Å². The summed E-state index contributed by atoms with van der Waals surface area (Å²) in [5.41, 5.74) is 4.04. The van der Waals surface area contributed by atoms with Gasteiger partial charge in [-0.3, -0.25) is 9.11 Å². The van der Waals surface area contributed by atoms with Gasteiger partial charge in [0.2, 0.25) is 0 Å². The van der Waals surface area contributed by atoms with E-state index in [0.29, 0.717) is 5.56 Å². The zero-order chi connectivity index (χ0) is 28.9. The maximum Gasteiger partial charge on any atom is 0.295 e. The molecule has 8 nitrogen and oxygen atoms in total. The fourth-order valence-electron chi connectivity index (χ4n) is 4.00. The van der Waals surface area contributed by atoms with E-state index >= 15 is 0 Å². The molecule has 4 aromatic rings.